The second-order valence-corrected chi connectivity index (χ2v) is 7.08. The fourth-order valence-electron chi connectivity index (χ4n) is 3.81. The number of halogens is 1. The van der Waals surface area contributed by atoms with E-state index >= 15 is 0 Å². The van der Waals surface area contributed by atoms with Crippen molar-refractivity contribution in [1.82, 2.24) is 9.55 Å². The molecule has 0 saturated carbocycles. The molecule has 0 bridgehead atoms. The molecule has 1 unspecified atom stereocenters. The van der Waals surface area contributed by atoms with Gasteiger partial charge in [-0.2, -0.15) is 0 Å². The SMILES string of the molecule is CC.COc1cc2c(cc1OC)-c1cnc(NC(CC(=O)O)c3ccc(F)cc3)n1CC2. The molecule has 0 spiro atoms. The number of nitrogens with one attached hydrogen (secondary N) is 1. The number of carboxylic acids is 1. The van der Waals surface area contributed by atoms with Gasteiger partial charge in [0.15, 0.2) is 11.5 Å². The smallest absolute Gasteiger partial charge is 0.305 e. The summed E-state index contributed by atoms with van der Waals surface area (Å²) in [5, 5.41) is 12.6. The lowest BCUT2D eigenvalue weighted by Gasteiger charge is -2.24. The van der Waals surface area contributed by atoms with Gasteiger partial charge in [-0.25, -0.2) is 9.37 Å². The summed E-state index contributed by atoms with van der Waals surface area (Å²) in [6, 6.07) is 9.18. The molecule has 170 valence electrons. The number of imidazole rings is 1. The molecular formula is C24H28FN3O4. The second kappa shape index (κ2) is 10.2. The molecule has 0 fully saturated rings. The Bertz CT molecular complexity index is 1080. The third-order valence-electron chi connectivity index (χ3n) is 5.30. The number of fused-ring (bicyclic) bond motifs is 3. The van der Waals surface area contributed by atoms with Crippen LogP contribution in [0.1, 0.15) is 37.4 Å². The summed E-state index contributed by atoms with van der Waals surface area (Å²) in [6.07, 6.45) is 2.37. The number of carboxylic acid groups (broad SMARTS) is 1. The predicted molar refractivity (Wildman–Crippen MR) is 121 cm³/mol. The molecule has 2 N–H and O–H groups in total. The molecule has 0 amide bonds. The molecule has 0 aliphatic carbocycles. The zero-order valence-electron chi connectivity index (χ0n) is 18.7. The highest BCUT2D eigenvalue weighted by Crippen LogP contribution is 2.39. The van der Waals surface area contributed by atoms with Crippen molar-refractivity contribution in [2.45, 2.75) is 39.3 Å². The first kappa shape index (κ1) is 23.1. The molecule has 0 radical (unpaired) electrons. The first-order chi connectivity index (χ1) is 15.5. The van der Waals surface area contributed by atoms with Gasteiger partial charge in [-0.05, 0) is 41.8 Å². The van der Waals surface area contributed by atoms with Crippen molar-refractivity contribution >= 4 is 11.9 Å². The first-order valence-electron chi connectivity index (χ1n) is 10.5. The van der Waals surface area contributed by atoms with Gasteiger partial charge in [0.25, 0.3) is 0 Å². The fourth-order valence-corrected chi connectivity index (χ4v) is 3.81. The average molecular weight is 442 g/mol. The number of anilines is 1. The molecule has 8 heteroatoms. The van der Waals surface area contributed by atoms with E-state index in [0.29, 0.717) is 29.6 Å². The van der Waals surface area contributed by atoms with E-state index in [2.05, 4.69) is 10.3 Å². The van der Waals surface area contributed by atoms with E-state index in [1.165, 1.54) is 12.1 Å². The van der Waals surface area contributed by atoms with Crippen LogP contribution in [-0.2, 0) is 17.8 Å². The van der Waals surface area contributed by atoms with Crippen molar-refractivity contribution in [3.05, 3.63) is 59.5 Å². The predicted octanol–water partition coefficient (Wildman–Crippen LogP) is 4.92. The van der Waals surface area contributed by atoms with Crippen molar-refractivity contribution in [3.63, 3.8) is 0 Å². The van der Waals surface area contributed by atoms with E-state index in [1.54, 1.807) is 32.5 Å². The van der Waals surface area contributed by atoms with Crippen LogP contribution in [0, 0.1) is 5.82 Å². The van der Waals surface area contributed by atoms with Crippen molar-refractivity contribution in [1.29, 1.82) is 0 Å². The number of hydrogen-bond acceptors (Lipinski definition) is 5. The lowest BCUT2D eigenvalue weighted by atomic mass is 9.98. The number of benzene rings is 2. The topological polar surface area (TPSA) is 85.6 Å². The molecule has 1 atom stereocenters. The van der Waals surface area contributed by atoms with E-state index in [0.717, 1.165) is 23.2 Å². The Kier molecular flexibility index (Phi) is 7.35. The molecule has 1 aliphatic rings. The maximum atomic E-state index is 13.3. The summed E-state index contributed by atoms with van der Waals surface area (Å²) in [6.45, 7) is 4.68. The highest BCUT2D eigenvalue weighted by molar-refractivity contribution is 5.72. The number of aliphatic carboxylic acids is 1. The van der Waals surface area contributed by atoms with Gasteiger partial charge >= 0.3 is 5.97 Å². The Hall–Kier alpha value is -3.55. The molecule has 4 rings (SSSR count). The van der Waals surface area contributed by atoms with E-state index in [-0.39, 0.29) is 12.2 Å². The van der Waals surface area contributed by atoms with Crippen LogP contribution in [0.25, 0.3) is 11.3 Å². The Labute approximate surface area is 186 Å². The monoisotopic (exact) mass is 441 g/mol. The lowest BCUT2D eigenvalue weighted by molar-refractivity contribution is -0.137. The number of nitrogens with zero attached hydrogens (tertiary/aromatic N) is 2. The summed E-state index contributed by atoms with van der Waals surface area (Å²) in [5.74, 6) is 0.563. The number of carbonyl (C=O) groups is 1. The molecule has 32 heavy (non-hydrogen) atoms. The van der Waals surface area contributed by atoms with Crippen LogP contribution in [0.4, 0.5) is 10.3 Å². The standard InChI is InChI=1S/C22H22FN3O4.C2H6/c1-29-19-9-14-7-8-26-18(16(14)10-20(19)30-2)12-24-22(26)25-17(11-21(27)28)13-3-5-15(23)6-4-13;1-2/h3-6,9-10,12,17H,7-8,11H2,1-2H3,(H,24,25)(H,27,28);1-2H3. The number of methoxy groups -OCH3 is 2. The third-order valence-corrected chi connectivity index (χ3v) is 5.30. The normalized spacial score (nSPS) is 12.5. The number of aromatic nitrogens is 2. The molecule has 0 saturated heterocycles. The summed E-state index contributed by atoms with van der Waals surface area (Å²) >= 11 is 0. The molecule has 2 heterocycles. The Morgan fingerprint density at radius 1 is 1.19 bits per heavy atom. The van der Waals surface area contributed by atoms with Gasteiger partial charge in [0.05, 0.1) is 38.6 Å². The van der Waals surface area contributed by atoms with E-state index in [1.807, 2.05) is 30.5 Å². The highest BCUT2D eigenvalue weighted by atomic mass is 19.1. The Morgan fingerprint density at radius 2 is 1.84 bits per heavy atom. The van der Waals surface area contributed by atoms with Crippen LogP contribution in [-0.4, -0.2) is 34.8 Å². The maximum absolute atomic E-state index is 13.3. The van der Waals surface area contributed by atoms with E-state index < -0.39 is 12.0 Å². The lowest BCUT2D eigenvalue weighted by Crippen LogP contribution is -2.20. The molecule has 1 aliphatic heterocycles. The van der Waals surface area contributed by atoms with Crippen molar-refractivity contribution in [2.75, 3.05) is 19.5 Å². The van der Waals surface area contributed by atoms with Crippen molar-refractivity contribution in [3.8, 4) is 22.8 Å². The maximum Gasteiger partial charge on any atom is 0.305 e. The van der Waals surface area contributed by atoms with Gasteiger partial charge in [0.1, 0.15) is 5.82 Å². The third kappa shape index (κ3) is 4.69. The van der Waals surface area contributed by atoms with Gasteiger partial charge < -0.3 is 24.5 Å². The highest BCUT2D eigenvalue weighted by Gasteiger charge is 2.24. The quantitative estimate of drug-likeness (QED) is 0.542. The van der Waals surface area contributed by atoms with Gasteiger partial charge in [0.2, 0.25) is 5.95 Å². The molecule has 7 nitrogen and oxygen atoms in total. The molecule has 2 aromatic carbocycles. The minimum Gasteiger partial charge on any atom is -0.493 e. The average Bonchev–Trinajstić information content (AvgIpc) is 3.22. The fraction of sp³-hybridized carbons (Fsp3) is 0.333. The van der Waals surface area contributed by atoms with E-state index in [9.17, 15) is 14.3 Å². The van der Waals surface area contributed by atoms with Crippen LogP contribution in [0.3, 0.4) is 0 Å². The summed E-state index contributed by atoms with van der Waals surface area (Å²) in [5.41, 5.74) is 3.72. The number of hydrogen-bond donors (Lipinski definition) is 2. The minimum atomic E-state index is -0.954. The summed E-state index contributed by atoms with van der Waals surface area (Å²) in [7, 11) is 3.20. The zero-order chi connectivity index (χ0) is 23.3. The van der Waals surface area contributed by atoms with Crippen LogP contribution in [0.2, 0.25) is 0 Å². The largest absolute Gasteiger partial charge is 0.493 e. The molecule has 1 aromatic heterocycles. The second-order valence-electron chi connectivity index (χ2n) is 7.08. The van der Waals surface area contributed by atoms with Gasteiger partial charge in [-0.3, -0.25) is 4.79 Å². The Morgan fingerprint density at radius 3 is 2.47 bits per heavy atom. The Balaban J connectivity index is 0.00000141. The number of rotatable bonds is 7. The van der Waals surface area contributed by atoms with Crippen LogP contribution >= 0.6 is 0 Å². The van der Waals surface area contributed by atoms with Gasteiger partial charge in [-0.1, -0.05) is 26.0 Å². The van der Waals surface area contributed by atoms with Crippen LogP contribution in [0.5, 0.6) is 11.5 Å². The van der Waals surface area contributed by atoms with Crippen molar-refractivity contribution < 1.29 is 23.8 Å². The van der Waals surface area contributed by atoms with E-state index in [4.69, 9.17) is 9.47 Å². The summed E-state index contributed by atoms with van der Waals surface area (Å²) in [4.78, 5) is 15.9. The van der Waals surface area contributed by atoms with Crippen molar-refractivity contribution in [2.24, 2.45) is 0 Å². The number of ether oxygens (including phenoxy) is 2. The van der Waals surface area contributed by atoms with Gasteiger partial charge in [0, 0.05) is 12.1 Å². The first-order valence-corrected chi connectivity index (χ1v) is 10.5. The van der Waals surface area contributed by atoms with Crippen LogP contribution < -0.4 is 14.8 Å². The number of aryl methyl sites for hydroxylation is 1. The van der Waals surface area contributed by atoms with Gasteiger partial charge in [-0.15, -0.1) is 0 Å². The minimum absolute atomic E-state index is 0.157. The van der Waals surface area contributed by atoms with Crippen LogP contribution in [0.15, 0.2) is 42.6 Å². The molecule has 3 aromatic rings. The summed E-state index contributed by atoms with van der Waals surface area (Å²) < 4.78 is 26.2. The zero-order valence-corrected chi connectivity index (χ0v) is 18.7. The molecular weight excluding hydrogens is 413 g/mol.